The summed E-state index contributed by atoms with van der Waals surface area (Å²) in [4.78, 5) is 0. The Morgan fingerprint density at radius 1 is 1.14 bits per heavy atom. The molecule has 3 heteroatoms. The second-order valence-corrected chi connectivity index (χ2v) is 4.18. The fourth-order valence-electron chi connectivity index (χ4n) is 0.822. The molecule has 0 bridgehead atoms. The second-order valence-electron chi connectivity index (χ2n) is 3.06. The average molecular weight is 214 g/mol. The molecule has 14 heavy (non-hydrogen) atoms. The summed E-state index contributed by atoms with van der Waals surface area (Å²) in [6.07, 6.45) is 1.77. The zero-order chi connectivity index (χ0) is 10.8. The first-order valence-corrected chi connectivity index (χ1v) is 6.16. The van der Waals surface area contributed by atoms with E-state index in [1.54, 1.807) is 0 Å². The second kappa shape index (κ2) is 8.75. The van der Waals surface area contributed by atoms with Gasteiger partial charge in [-0.25, -0.2) is 8.42 Å². The lowest BCUT2D eigenvalue weighted by atomic mass is 10.2. The van der Waals surface area contributed by atoms with Crippen LogP contribution in [0.1, 0.15) is 25.3 Å². The van der Waals surface area contributed by atoms with Crippen molar-refractivity contribution >= 4 is 10.7 Å². The maximum atomic E-state index is 9.80. The third-order valence-electron chi connectivity index (χ3n) is 1.63. The first-order valence-electron chi connectivity index (χ1n) is 4.80. The minimum absolute atomic E-state index is 0.353. The summed E-state index contributed by atoms with van der Waals surface area (Å²) in [7, 11) is -2.11. The molecule has 0 aliphatic heterocycles. The molecule has 0 N–H and O–H groups in total. The zero-order valence-corrected chi connectivity index (χ0v) is 9.67. The van der Waals surface area contributed by atoms with Gasteiger partial charge in [0, 0.05) is 5.75 Å². The molecule has 80 valence electrons. The molecule has 0 spiro atoms. The molecular weight excluding hydrogens is 196 g/mol. The quantitative estimate of drug-likeness (QED) is 0.784. The van der Waals surface area contributed by atoms with E-state index in [0.29, 0.717) is 5.75 Å². The Kier molecular flexibility index (Phi) is 8.24. The molecule has 0 atom stereocenters. The lowest BCUT2D eigenvalue weighted by Gasteiger charge is -1.82. The van der Waals surface area contributed by atoms with Crippen LogP contribution in [0.2, 0.25) is 0 Å². The smallest absolute Gasteiger partial charge is 0.140 e. The molecular formula is C11H18O2S. The van der Waals surface area contributed by atoms with Gasteiger partial charge in [0.15, 0.2) is 0 Å². The van der Waals surface area contributed by atoms with Crippen molar-refractivity contribution in [3.05, 3.63) is 35.9 Å². The van der Waals surface area contributed by atoms with Gasteiger partial charge in [-0.1, -0.05) is 49.2 Å². The first-order chi connectivity index (χ1) is 6.66. The van der Waals surface area contributed by atoms with Crippen molar-refractivity contribution in [3.63, 3.8) is 0 Å². The molecule has 0 unspecified atom stereocenters. The molecule has 2 nitrogen and oxygen atoms in total. The van der Waals surface area contributed by atoms with Gasteiger partial charge in [0.1, 0.15) is 10.7 Å². The summed E-state index contributed by atoms with van der Waals surface area (Å²) in [5.41, 5.74) is 1.32. The van der Waals surface area contributed by atoms with Crippen LogP contribution >= 0.6 is 0 Å². The Morgan fingerprint density at radius 2 is 1.71 bits per heavy atom. The monoisotopic (exact) mass is 214 g/mol. The minimum Gasteiger partial charge on any atom is -0.232 e. The van der Waals surface area contributed by atoms with Crippen LogP contribution < -0.4 is 0 Å². The number of hydrogen-bond acceptors (Lipinski definition) is 2. The molecule has 0 aromatic heterocycles. The van der Waals surface area contributed by atoms with Crippen molar-refractivity contribution < 1.29 is 8.42 Å². The highest BCUT2D eigenvalue weighted by atomic mass is 32.2. The molecule has 1 aromatic carbocycles. The van der Waals surface area contributed by atoms with Crippen molar-refractivity contribution in [2.24, 2.45) is 0 Å². The van der Waals surface area contributed by atoms with Crippen molar-refractivity contribution in [2.75, 3.05) is 5.75 Å². The Morgan fingerprint density at radius 3 is 1.93 bits per heavy atom. The number of aryl methyl sites for hydroxylation is 1. The Balaban J connectivity index is 0.000000241. The van der Waals surface area contributed by atoms with Crippen LogP contribution in [0.3, 0.4) is 0 Å². The van der Waals surface area contributed by atoms with Crippen LogP contribution in [-0.4, -0.2) is 14.2 Å². The number of hydrogen-bond donors (Lipinski definition) is 1. The van der Waals surface area contributed by atoms with Crippen molar-refractivity contribution in [3.8, 4) is 0 Å². The molecule has 0 saturated heterocycles. The van der Waals surface area contributed by atoms with Crippen LogP contribution in [0, 0.1) is 6.92 Å². The molecule has 0 heterocycles. The van der Waals surface area contributed by atoms with Gasteiger partial charge >= 0.3 is 0 Å². The van der Waals surface area contributed by atoms with E-state index >= 15 is 0 Å². The summed E-state index contributed by atoms with van der Waals surface area (Å²) in [6.45, 7) is 4.05. The lowest BCUT2D eigenvalue weighted by molar-refractivity contribution is 0.611. The number of benzene rings is 1. The molecule has 0 amide bonds. The van der Waals surface area contributed by atoms with E-state index in [1.165, 1.54) is 5.56 Å². The van der Waals surface area contributed by atoms with E-state index in [4.69, 9.17) is 0 Å². The third-order valence-corrected chi connectivity index (χ3v) is 2.32. The fraction of sp³-hybridized carbons (Fsp3) is 0.455. The number of unbranched alkanes of at least 4 members (excludes halogenated alkanes) is 1. The van der Waals surface area contributed by atoms with E-state index in [1.807, 2.05) is 25.1 Å². The van der Waals surface area contributed by atoms with E-state index in [0.717, 1.165) is 12.8 Å². The average Bonchev–Trinajstić information content (AvgIpc) is 2.17. The molecule has 0 aliphatic rings. The molecule has 0 aliphatic carbocycles. The summed E-state index contributed by atoms with van der Waals surface area (Å²) < 4.78 is 19.6. The fourth-order valence-corrected chi connectivity index (χ4v) is 1.40. The Hall–Kier alpha value is -0.830. The highest BCUT2D eigenvalue weighted by Crippen LogP contribution is 1.92. The van der Waals surface area contributed by atoms with Gasteiger partial charge in [0.25, 0.3) is 0 Å². The SMILES string of the molecule is CCCC[SH](=O)=O.Cc1ccccc1. The van der Waals surface area contributed by atoms with Crippen molar-refractivity contribution in [2.45, 2.75) is 26.7 Å². The van der Waals surface area contributed by atoms with E-state index in [9.17, 15) is 8.42 Å². The Labute approximate surface area is 87.9 Å². The highest BCUT2D eigenvalue weighted by Gasteiger charge is 1.81. The van der Waals surface area contributed by atoms with Gasteiger partial charge < -0.3 is 0 Å². The predicted octanol–water partition coefficient (Wildman–Crippen LogP) is 2.39. The minimum atomic E-state index is -2.11. The third kappa shape index (κ3) is 9.26. The summed E-state index contributed by atoms with van der Waals surface area (Å²) in [6, 6.07) is 10.3. The Bertz CT molecular complexity index is 283. The summed E-state index contributed by atoms with van der Waals surface area (Å²) >= 11 is 0. The van der Waals surface area contributed by atoms with Gasteiger partial charge in [-0.3, -0.25) is 0 Å². The molecule has 0 fully saturated rings. The number of thiol groups is 1. The van der Waals surface area contributed by atoms with E-state index < -0.39 is 10.7 Å². The summed E-state index contributed by atoms with van der Waals surface area (Å²) in [5, 5.41) is 0. The van der Waals surface area contributed by atoms with Gasteiger partial charge in [0.2, 0.25) is 0 Å². The first kappa shape index (κ1) is 13.2. The van der Waals surface area contributed by atoms with Crippen LogP contribution in [0.25, 0.3) is 0 Å². The maximum absolute atomic E-state index is 9.80. The van der Waals surface area contributed by atoms with E-state index in [2.05, 4.69) is 19.1 Å². The van der Waals surface area contributed by atoms with Crippen molar-refractivity contribution in [1.29, 1.82) is 0 Å². The van der Waals surface area contributed by atoms with Gasteiger partial charge in [-0.15, -0.1) is 0 Å². The van der Waals surface area contributed by atoms with Gasteiger partial charge in [-0.2, -0.15) is 0 Å². The predicted molar refractivity (Wildman–Crippen MR) is 61.3 cm³/mol. The zero-order valence-electron chi connectivity index (χ0n) is 8.77. The van der Waals surface area contributed by atoms with Crippen LogP contribution in [0.4, 0.5) is 0 Å². The highest BCUT2D eigenvalue weighted by molar-refractivity contribution is 7.72. The normalized spacial score (nSPS) is 9.36. The van der Waals surface area contributed by atoms with Gasteiger partial charge in [0.05, 0.1) is 0 Å². The molecule has 1 aromatic rings. The van der Waals surface area contributed by atoms with Crippen LogP contribution in [0.5, 0.6) is 0 Å². The lowest BCUT2D eigenvalue weighted by Crippen LogP contribution is -1.83. The topological polar surface area (TPSA) is 34.1 Å². The largest absolute Gasteiger partial charge is 0.232 e. The van der Waals surface area contributed by atoms with Crippen LogP contribution in [0.15, 0.2) is 30.3 Å². The molecule has 0 radical (unpaired) electrons. The number of rotatable bonds is 3. The van der Waals surface area contributed by atoms with E-state index in [-0.39, 0.29) is 0 Å². The van der Waals surface area contributed by atoms with Gasteiger partial charge in [-0.05, 0) is 13.3 Å². The maximum Gasteiger partial charge on any atom is 0.140 e. The van der Waals surface area contributed by atoms with Crippen LogP contribution in [-0.2, 0) is 10.7 Å². The summed E-state index contributed by atoms with van der Waals surface area (Å²) in [5.74, 6) is 0.353. The van der Waals surface area contributed by atoms with Crippen molar-refractivity contribution in [1.82, 2.24) is 0 Å². The molecule has 1 rings (SSSR count). The molecule has 0 saturated carbocycles. The standard InChI is InChI=1S/C7H8.C4H10O2S/c1-7-5-3-2-4-6-7;1-2-3-4-7(5)6/h2-6H,1H3;7H,2-4H2,1H3.